The third kappa shape index (κ3) is 6.26. The summed E-state index contributed by atoms with van der Waals surface area (Å²) >= 11 is 0. The predicted molar refractivity (Wildman–Crippen MR) is 217 cm³/mol. The first kappa shape index (κ1) is 40.6. The Morgan fingerprint density at radius 1 is 0.540 bits per heavy atom. The largest absolute Gasteiger partial charge is 0.457 e. The van der Waals surface area contributed by atoms with E-state index in [2.05, 4.69) is 0 Å². The number of hydrogen-bond acceptors (Lipinski definition) is 6. The standard InChI is InChI=1S/C49H38F6N2O6/c1-26-3-9-34(10-4-26)63-41-16-13-35(22-40(41)46-23-27-17-28(24-46)19-29(18-27)25-46)62-33-11-7-32(8-12-33)57-44(60)37-15-6-31(21-39(37)45(57)61)47(48(50,51)52,49(53,54)55)30-5-14-36-38(20-30)43(59)56(2)42(36)58/h3-16,20-22,27-29H,17-19,23-25H2,1-2H3. The lowest BCUT2D eigenvalue weighted by Crippen LogP contribution is -2.55. The quantitative estimate of drug-likeness (QED) is 0.114. The number of alkyl halides is 6. The summed E-state index contributed by atoms with van der Waals surface area (Å²) in [6.45, 7) is 2.01. The Kier molecular flexibility index (Phi) is 9.05. The van der Waals surface area contributed by atoms with Gasteiger partial charge >= 0.3 is 12.4 Å². The Morgan fingerprint density at radius 2 is 1.00 bits per heavy atom. The van der Waals surface area contributed by atoms with Crippen LogP contribution in [0.1, 0.15) is 102 Å². The SMILES string of the molecule is Cc1ccc(Oc2ccc(Oc3ccc(N4C(=O)c5ccc(C(c6ccc7c(c6)C(=O)N(C)C7=O)(C(F)(F)F)C(F)(F)F)cc5C4=O)cc3)cc2C23CC4CC(CC(C4)C2)C3)cc1. The zero-order valence-electron chi connectivity index (χ0n) is 33.9. The first-order valence-corrected chi connectivity index (χ1v) is 20.7. The van der Waals surface area contributed by atoms with Crippen LogP contribution in [0.15, 0.2) is 103 Å². The number of nitrogens with zero attached hydrogens (tertiary/aromatic N) is 2. The molecule has 2 aliphatic heterocycles. The van der Waals surface area contributed by atoms with Gasteiger partial charge in [0.05, 0.1) is 27.9 Å². The summed E-state index contributed by atoms with van der Waals surface area (Å²) in [5.41, 5.74) is -7.44. The molecule has 322 valence electrons. The lowest BCUT2D eigenvalue weighted by atomic mass is 9.48. The van der Waals surface area contributed by atoms with Crippen LogP contribution >= 0.6 is 0 Å². The van der Waals surface area contributed by atoms with Crippen LogP contribution in [0.4, 0.5) is 32.0 Å². The van der Waals surface area contributed by atoms with Gasteiger partial charge in [-0.05, 0) is 159 Å². The molecule has 0 radical (unpaired) electrons. The number of fused-ring (bicyclic) bond motifs is 2. The van der Waals surface area contributed by atoms with Crippen molar-refractivity contribution in [3.8, 4) is 23.0 Å². The van der Waals surface area contributed by atoms with Crippen LogP contribution < -0.4 is 14.4 Å². The molecule has 0 atom stereocenters. The number of aryl methyl sites for hydroxylation is 1. The molecule has 63 heavy (non-hydrogen) atoms. The zero-order valence-corrected chi connectivity index (χ0v) is 33.9. The van der Waals surface area contributed by atoms with E-state index in [0.717, 1.165) is 61.1 Å². The molecule has 6 aliphatic rings. The highest BCUT2D eigenvalue weighted by molar-refractivity contribution is 6.34. The minimum absolute atomic E-state index is 0.00929. The Balaban J connectivity index is 0.949. The van der Waals surface area contributed by atoms with Crippen molar-refractivity contribution in [1.82, 2.24) is 4.90 Å². The molecule has 5 aromatic rings. The van der Waals surface area contributed by atoms with E-state index in [0.29, 0.717) is 63.3 Å². The molecule has 5 aromatic carbocycles. The second-order valence-corrected chi connectivity index (χ2v) is 17.7. The van der Waals surface area contributed by atoms with Gasteiger partial charge in [0.15, 0.2) is 0 Å². The molecule has 11 rings (SSSR count). The van der Waals surface area contributed by atoms with E-state index in [-0.39, 0.29) is 16.7 Å². The topological polar surface area (TPSA) is 93.2 Å². The number of carbonyl (C=O) groups is 4. The minimum Gasteiger partial charge on any atom is -0.457 e. The Morgan fingerprint density at radius 3 is 1.56 bits per heavy atom. The third-order valence-corrected chi connectivity index (χ3v) is 13.8. The van der Waals surface area contributed by atoms with Gasteiger partial charge in [0.2, 0.25) is 5.41 Å². The van der Waals surface area contributed by atoms with Crippen molar-refractivity contribution >= 4 is 29.3 Å². The fraction of sp³-hybridized carbons (Fsp3) is 0.306. The van der Waals surface area contributed by atoms with Crippen molar-refractivity contribution in [2.45, 2.75) is 68.6 Å². The summed E-state index contributed by atoms with van der Waals surface area (Å²) < 4.78 is 104. The number of carbonyl (C=O) groups excluding carboxylic acids is 4. The molecule has 0 unspecified atom stereocenters. The lowest BCUT2D eigenvalue weighted by Gasteiger charge is -2.57. The van der Waals surface area contributed by atoms with Crippen LogP contribution in [-0.2, 0) is 10.8 Å². The molecule has 2 heterocycles. The number of imide groups is 2. The Hall–Kier alpha value is -6.44. The summed E-state index contributed by atoms with van der Waals surface area (Å²) in [5.74, 6) is 0.348. The van der Waals surface area contributed by atoms with Crippen LogP contribution in [0.25, 0.3) is 0 Å². The van der Waals surface area contributed by atoms with Crippen molar-refractivity contribution in [1.29, 1.82) is 0 Å². The molecule has 4 fully saturated rings. The van der Waals surface area contributed by atoms with Crippen LogP contribution in [-0.4, -0.2) is 47.9 Å². The summed E-state index contributed by atoms with van der Waals surface area (Å²) in [4.78, 5) is 53.9. The lowest BCUT2D eigenvalue weighted by molar-refractivity contribution is -0.288. The van der Waals surface area contributed by atoms with E-state index in [1.165, 1.54) is 43.5 Å². The number of amides is 4. The van der Waals surface area contributed by atoms with Crippen molar-refractivity contribution in [2.24, 2.45) is 17.8 Å². The smallest absolute Gasteiger partial charge is 0.411 e. The van der Waals surface area contributed by atoms with Gasteiger partial charge < -0.3 is 9.47 Å². The van der Waals surface area contributed by atoms with Crippen LogP contribution in [0, 0.1) is 24.7 Å². The third-order valence-electron chi connectivity index (χ3n) is 13.8. The molecule has 0 saturated heterocycles. The molecule has 0 spiro atoms. The highest BCUT2D eigenvalue weighted by Crippen LogP contribution is 2.63. The van der Waals surface area contributed by atoms with E-state index in [9.17, 15) is 19.2 Å². The second-order valence-electron chi connectivity index (χ2n) is 17.7. The summed E-state index contributed by atoms with van der Waals surface area (Å²) in [5, 5.41) is 0. The van der Waals surface area contributed by atoms with Crippen LogP contribution in [0.2, 0.25) is 0 Å². The fourth-order valence-electron chi connectivity index (χ4n) is 11.3. The van der Waals surface area contributed by atoms with Gasteiger partial charge in [-0.15, -0.1) is 0 Å². The number of rotatable bonds is 8. The van der Waals surface area contributed by atoms with E-state index >= 15 is 26.3 Å². The van der Waals surface area contributed by atoms with Crippen LogP contribution in [0.3, 0.4) is 0 Å². The number of hydrogen-bond donors (Lipinski definition) is 0. The molecular weight excluding hydrogens is 827 g/mol. The maximum absolute atomic E-state index is 15.2. The number of anilines is 1. The van der Waals surface area contributed by atoms with Gasteiger partial charge in [0.25, 0.3) is 23.6 Å². The number of benzene rings is 5. The van der Waals surface area contributed by atoms with E-state index in [4.69, 9.17) is 9.47 Å². The number of halogens is 6. The zero-order chi connectivity index (χ0) is 44.4. The van der Waals surface area contributed by atoms with E-state index < -0.39 is 69.2 Å². The van der Waals surface area contributed by atoms with E-state index in [1.54, 1.807) is 0 Å². The molecule has 4 saturated carbocycles. The molecular formula is C49H38F6N2O6. The van der Waals surface area contributed by atoms with Gasteiger partial charge in [-0.3, -0.25) is 24.1 Å². The van der Waals surface area contributed by atoms with Crippen molar-refractivity contribution in [3.05, 3.63) is 148 Å². The fourth-order valence-corrected chi connectivity index (χ4v) is 11.3. The highest BCUT2D eigenvalue weighted by atomic mass is 19.4. The average Bonchev–Trinajstić information content (AvgIpc) is 3.60. The monoisotopic (exact) mass is 864 g/mol. The maximum atomic E-state index is 15.2. The molecule has 4 aliphatic carbocycles. The van der Waals surface area contributed by atoms with Crippen LogP contribution in [0.5, 0.6) is 23.0 Å². The summed E-state index contributed by atoms with van der Waals surface area (Å²) in [7, 11) is 1.06. The number of ether oxygens (including phenoxy) is 2. The molecule has 4 bridgehead atoms. The first-order valence-electron chi connectivity index (χ1n) is 20.7. The Bertz CT molecular complexity index is 2710. The van der Waals surface area contributed by atoms with Gasteiger partial charge in [-0.1, -0.05) is 29.8 Å². The van der Waals surface area contributed by atoms with Crippen molar-refractivity contribution in [2.75, 3.05) is 11.9 Å². The molecule has 0 aromatic heterocycles. The predicted octanol–water partition coefficient (Wildman–Crippen LogP) is 11.5. The highest BCUT2D eigenvalue weighted by Gasteiger charge is 2.73. The van der Waals surface area contributed by atoms with Gasteiger partial charge in [0.1, 0.15) is 23.0 Å². The maximum Gasteiger partial charge on any atom is 0.411 e. The van der Waals surface area contributed by atoms with E-state index in [1.807, 2.05) is 49.4 Å². The van der Waals surface area contributed by atoms with Gasteiger partial charge in [-0.25, -0.2) is 4.90 Å². The average molecular weight is 865 g/mol. The second kappa shape index (κ2) is 14.0. The van der Waals surface area contributed by atoms with Crippen molar-refractivity contribution in [3.63, 3.8) is 0 Å². The van der Waals surface area contributed by atoms with Gasteiger partial charge in [0, 0.05) is 12.6 Å². The van der Waals surface area contributed by atoms with Gasteiger partial charge in [-0.2, -0.15) is 26.3 Å². The van der Waals surface area contributed by atoms with Crippen molar-refractivity contribution < 1.29 is 55.0 Å². The minimum atomic E-state index is -6.07. The molecule has 4 amide bonds. The first-order chi connectivity index (χ1) is 29.9. The molecule has 8 nitrogen and oxygen atoms in total. The molecule has 0 N–H and O–H groups in total. The normalized spacial score (nSPS) is 22.8. The molecule has 14 heteroatoms. The Labute approximate surface area is 357 Å². The summed E-state index contributed by atoms with van der Waals surface area (Å²) in [6.07, 6.45) is -5.15. The summed E-state index contributed by atoms with van der Waals surface area (Å²) in [6, 6.07) is 22.8.